The SMILES string of the molecule is CC1CC(C=O)CCC1O. The normalized spacial score (nSPS) is 41.2. The number of aldehydes is 1. The summed E-state index contributed by atoms with van der Waals surface area (Å²) in [5.41, 5.74) is 0. The van der Waals surface area contributed by atoms with Crippen molar-refractivity contribution in [3.63, 3.8) is 0 Å². The Bertz CT molecular complexity index is 122. The molecule has 3 atom stereocenters. The fourth-order valence-corrected chi connectivity index (χ4v) is 1.55. The van der Waals surface area contributed by atoms with Crippen LogP contribution >= 0.6 is 0 Å². The summed E-state index contributed by atoms with van der Waals surface area (Å²) < 4.78 is 0. The smallest absolute Gasteiger partial charge is 0.123 e. The number of aliphatic hydroxyl groups is 1. The van der Waals surface area contributed by atoms with Crippen molar-refractivity contribution in [2.24, 2.45) is 11.8 Å². The number of hydrogen-bond donors (Lipinski definition) is 1. The van der Waals surface area contributed by atoms with Crippen LogP contribution in [0.4, 0.5) is 0 Å². The minimum atomic E-state index is -0.170. The van der Waals surface area contributed by atoms with Gasteiger partial charge in [-0.05, 0) is 25.2 Å². The molecule has 1 rings (SSSR count). The van der Waals surface area contributed by atoms with Gasteiger partial charge in [-0.2, -0.15) is 0 Å². The van der Waals surface area contributed by atoms with E-state index in [2.05, 4.69) is 0 Å². The van der Waals surface area contributed by atoms with Crippen molar-refractivity contribution in [3.05, 3.63) is 0 Å². The van der Waals surface area contributed by atoms with Crippen molar-refractivity contribution in [1.82, 2.24) is 0 Å². The molecule has 1 aliphatic rings. The second-order valence-corrected chi connectivity index (χ2v) is 3.25. The Kier molecular flexibility index (Phi) is 2.44. The summed E-state index contributed by atoms with van der Waals surface area (Å²) in [5, 5.41) is 9.28. The van der Waals surface area contributed by atoms with Gasteiger partial charge < -0.3 is 9.90 Å². The van der Waals surface area contributed by atoms with Crippen molar-refractivity contribution in [1.29, 1.82) is 0 Å². The van der Waals surface area contributed by atoms with Crippen LogP contribution in [0.15, 0.2) is 0 Å². The first-order valence-electron chi connectivity index (χ1n) is 3.87. The molecule has 3 unspecified atom stereocenters. The lowest BCUT2D eigenvalue weighted by Crippen LogP contribution is -2.27. The van der Waals surface area contributed by atoms with Gasteiger partial charge in [-0.3, -0.25) is 0 Å². The minimum Gasteiger partial charge on any atom is -0.393 e. The Balaban J connectivity index is 2.40. The average molecular weight is 142 g/mol. The van der Waals surface area contributed by atoms with Gasteiger partial charge in [0.15, 0.2) is 0 Å². The van der Waals surface area contributed by atoms with Crippen molar-refractivity contribution in [3.8, 4) is 0 Å². The summed E-state index contributed by atoms with van der Waals surface area (Å²) in [6.45, 7) is 2.00. The lowest BCUT2D eigenvalue weighted by atomic mass is 9.81. The molecule has 2 heteroatoms. The molecule has 2 nitrogen and oxygen atoms in total. The van der Waals surface area contributed by atoms with Gasteiger partial charge in [0, 0.05) is 5.92 Å². The van der Waals surface area contributed by atoms with Crippen molar-refractivity contribution in [2.75, 3.05) is 0 Å². The molecule has 0 saturated heterocycles. The van der Waals surface area contributed by atoms with Crippen molar-refractivity contribution >= 4 is 6.29 Å². The highest BCUT2D eigenvalue weighted by molar-refractivity contribution is 5.53. The lowest BCUT2D eigenvalue weighted by Gasteiger charge is -2.27. The Hall–Kier alpha value is -0.370. The quantitative estimate of drug-likeness (QED) is 0.554. The molecule has 1 saturated carbocycles. The zero-order valence-electron chi connectivity index (χ0n) is 6.29. The molecule has 0 bridgehead atoms. The summed E-state index contributed by atoms with van der Waals surface area (Å²) in [6.07, 6.45) is 3.38. The summed E-state index contributed by atoms with van der Waals surface area (Å²) in [4.78, 5) is 10.3. The van der Waals surface area contributed by atoms with Crippen LogP contribution in [0, 0.1) is 11.8 Å². The first kappa shape index (κ1) is 7.73. The van der Waals surface area contributed by atoms with Crippen LogP contribution in [0.25, 0.3) is 0 Å². The number of hydrogen-bond acceptors (Lipinski definition) is 2. The maximum atomic E-state index is 10.3. The number of rotatable bonds is 1. The predicted octanol–water partition coefficient (Wildman–Crippen LogP) is 0.982. The number of aliphatic hydroxyl groups excluding tert-OH is 1. The standard InChI is InChI=1S/C8H14O2/c1-6-4-7(5-9)2-3-8(6)10/h5-8,10H,2-4H2,1H3. The molecule has 1 fully saturated rings. The first-order chi connectivity index (χ1) is 4.74. The molecule has 1 N–H and O–H groups in total. The van der Waals surface area contributed by atoms with Gasteiger partial charge in [0.05, 0.1) is 6.10 Å². The molecule has 0 heterocycles. The van der Waals surface area contributed by atoms with E-state index in [1.165, 1.54) is 0 Å². The Labute approximate surface area is 61.2 Å². The van der Waals surface area contributed by atoms with E-state index in [1.54, 1.807) is 0 Å². The Morgan fingerprint density at radius 2 is 2.20 bits per heavy atom. The number of carbonyl (C=O) groups excluding carboxylic acids is 1. The van der Waals surface area contributed by atoms with Crippen molar-refractivity contribution in [2.45, 2.75) is 32.3 Å². The van der Waals surface area contributed by atoms with E-state index in [0.29, 0.717) is 5.92 Å². The monoisotopic (exact) mass is 142 g/mol. The molecule has 0 amide bonds. The fraction of sp³-hybridized carbons (Fsp3) is 0.875. The molecule has 0 radical (unpaired) electrons. The van der Waals surface area contributed by atoms with Crippen LogP contribution in [0.2, 0.25) is 0 Å². The molecule has 0 aromatic heterocycles. The van der Waals surface area contributed by atoms with E-state index in [9.17, 15) is 9.90 Å². The lowest BCUT2D eigenvalue weighted by molar-refractivity contribution is -0.113. The maximum absolute atomic E-state index is 10.3. The summed E-state index contributed by atoms with van der Waals surface area (Å²) in [6, 6.07) is 0. The van der Waals surface area contributed by atoms with Gasteiger partial charge in [-0.15, -0.1) is 0 Å². The van der Waals surface area contributed by atoms with E-state index < -0.39 is 0 Å². The fourth-order valence-electron chi connectivity index (χ4n) is 1.55. The minimum absolute atomic E-state index is 0.170. The average Bonchev–Trinajstić information content (AvgIpc) is 1.95. The van der Waals surface area contributed by atoms with E-state index in [4.69, 9.17) is 0 Å². The summed E-state index contributed by atoms with van der Waals surface area (Å²) in [7, 11) is 0. The highest BCUT2D eigenvalue weighted by Crippen LogP contribution is 2.27. The molecular weight excluding hydrogens is 128 g/mol. The molecule has 0 spiro atoms. The Morgan fingerprint density at radius 1 is 1.50 bits per heavy atom. The molecular formula is C8H14O2. The molecule has 0 aliphatic heterocycles. The highest BCUT2D eigenvalue weighted by Gasteiger charge is 2.24. The van der Waals surface area contributed by atoms with E-state index in [0.717, 1.165) is 25.5 Å². The van der Waals surface area contributed by atoms with E-state index >= 15 is 0 Å². The van der Waals surface area contributed by atoms with Gasteiger partial charge >= 0.3 is 0 Å². The van der Waals surface area contributed by atoms with Crippen LogP contribution in [-0.4, -0.2) is 17.5 Å². The molecule has 10 heavy (non-hydrogen) atoms. The molecule has 0 aromatic carbocycles. The highest BCUT2D eigenvalue weighted by atomic mass is 16.3. The van der Waals surface area contributed by atoms with Crippen LogP contribution in [0.1, 0.15) is 26.2 Å². The third-order valence-corrected chi connectivity index (χ3v) is 2.36. The molecule has 58 valence electrons. The first-order valence-corrected chi connectivity index (χ1v) is 3.87. The van der Waals surface area contributed by atoms with Gasteiger partial charge in [0.1, 0.15) is 6.29 Å². The summed E-state index contributed by atoms with van der Waals surface area (Å²) in [5.74, 6) is 0.516. The zero-order chi connectivity index (χ0) is 7.56. The Morgan fingerprint density at radius 3 is 2.70 bits per heavy atom. The topological polar surface area (TPSA) is 37.3 Å². The number of carbonyl (C=O) groups is 1. The second-order valence-electron chi connectivity index (χ2n) is 3.25. The van der Waals surface area contributed by atoms with Gasteiger partial charge in [-0.25, -0.2) is 0 Å². The zero-order valence-corrected chi connectivity index (χ0v) is 6.29. The van der Waals surface area contributed by atoms with Crippen molar-refractivity contribution < 1.29 is 9.90 Å². The van der Waals surface area contributed by atoms with Crippen LogP contribution < -0.4 is 0 Å². The van der Waals surface area contributed by atoms with Crippen LogP contribution in [0.3, 0.4) is 0 Å². The van der Waals surface area contributed by atoms with Gasteiger partial charge in [0.25, 0.3) is 0 Å². The van der Waals surface area contributed by atoms with Crippen LogP contribution in [-0.2, 0) is 4.79 Å². The molecule has 0 aromatic rings. The predicted molar refractivity (Wildman–Crippen MR) is 38.6 cm³/mol. The third-order valence-electron chi connectivity index (χ3n) is 2.36. The van der Waals surface area contributed by atoms with Crippen LogP contribution in [0.5, 0.6) is 0 Å². The van der Waals surface area contributed by atoms with Gasteiger partial charge in [-0.1, -0.05) is 6.92 Å². The maximum Gasteiger partial charge on any atom is 0.123 e. The largest absolute Gasteiger partial charge is 0.393 e. The van der Waals surface area contributed by atoms with E-state index in [-0.39, 0.29) is 12.0 Å². The van der Waals surface area contributed by atoms with Gasteiger partial charge in [0.2, 0.25) is 0 Å². The van der Waals surface area contributed by atoms with E-state index in [1.807, 2.05) is 6.92 Å². The summed E-state index contributed by atoms with van der Waals surface area (Å²) >= 11 is 0. The molecule has 1 aliphatic carbocycles. The third kappa shape index (κ3) is 1.57. The second kappa shape index (κ2) is 3.15.